The fourth-order valence-corrected chi connectivity index (χ4v) is 2.65. The smallest absolute Gasteiger partial charge is 0.410 e. The third-order valence-corrected chi connectivity index (χ3v) is 3.59. The van der Waals surface area contributed by atoms with Gasteiger partial charge < -0.3 is 14.5 Å². The topological polar surface area (TPSA) is 58.6 Å². The van der Waals surface area contributed by atoms with Crippen molar-refractivity contribution < 1.29 is 9.53 Å². The van der Waals surface area contributed by atoms with Crippen molar-refractivity contribution in [3.8, 4) is 0 Å². The summed E-state index contributed by atoms with van der Waals surface area (Å²) in [5.74, 6) is 1.18. The number of piperidine rings is 1. The Labute approximate surface area is 132 Å². The van der Waals surface area contributed by atoms with Gasteiger partial charge in [-0.25, -0.2) is 14.8 Å². The fourth-order valence-electron chi connectivity index (χ4n) is 2.65. The van der Waals surface area contributed by atoms with E-state index in [0.29, 0.717) is 12.5 Å². The lowest BCUT2D eigenvalue weighted by atomic mass is 9.98. The molecule has 1 aliphatic rings. The van der Waals surface area contributed by atoms with Crippen molar-refractivity contribution in [2.45, 2.75) is 39.2 Å². The first kappa shape index (κ1) is 16.5. The Morgan fingerprint density at radius 1 is 1.41 bits per heavy atom. The first-order valence-corrected chi connectivity index (χ1v) is 7.81. The van der Waals surface area contributed by atoms with Gasteiger partial charge in [-0.05, 0) is 45.6 Å². The van der Waals surface area contributed by atoms with Gasteiger partial charge in [-0.2, -0.15) is 0 Å². The number of hydrogen-bond donors (Lipinski definition) is 0. The van der Waals surface area contributed by atoms with Crippen LogP contribution in [0.15, 0.2) is 18.5 Å². The van der Waals surface area contributed by atoms with Crippen LogP contribution in [0.1, 0.15) is 33.6 Å². The molecule has 0 aliphatic carbocycles. The number of rotatable bonds is 3. The van der Waals surface area contributed by atoms with E-state index in [-0.39, 0.29) is 6.09 Å². The van der Waals surface area contributed by atoms with Crippen molar-refractivity contribution in [3.05, 3.63) is 18.5 Å². The van der Waals surface area contributed by atoms with Gasteiger partial charge in [0.2, 0.25) is 5.95 Å². The van der Waals surface area contributed by atoms with E-state index in [2.05, 4.69) is 14.9 Å². The first-order valence-electron chi connectivity index (χ1n) is 7.81. The van der Waals surface area contributed by atoms with Crippen LogP contribution in [0.3, 0.4) is 0 Å². The molecule has 0 radical (unpaired) electrons. The number of ether oxygens (including phenoxy) is 1. The summed E-state index contributed by atoms with van der Waals surface area (Å²) in [4.78, 5) is 24.5. The number of anilines is 1. The summed E-state index contributed by atoms with van der Waals surface area (Å²) in [7, 11) is 1.80. The molecule has 22 heavy (non-hydrogen) atoms. The van der Waals surface area contributed by atoms with E-state index in [1.165, 1.54) is 0 Å². The molecule has 1 amide bonds. The summed E-state index contributed by atoms with van der Waals surface area (Å²) in [6, 6.07) is 1.82. The Balaban J connectivity index is 1.89. The van der Waals surface area contributed by atoms with Crippen LogP contribution >= 0.6 is 0 Å². The second kappa shape index (κ2) is 6.94. The van der Waals surface area contributed by atoms with Crippen molar-refractivity contribution in [1.29, 1.82) is 0 Å². The molecular weight excluding hydrogens is 280 g/mol. The lowest BCUT2D eigenvalue weighted by Crippen LogP contribution is -2.43. The van der Waals surface area contributed by atoms with E-state index in [4.69, 9.17) is 4.74 Å². The molecule has 0 aromatic carbocycles. The SMILES string of the molecule is CN(CC1CCCN(c2ncccn2)C1)C(=O)OC(C)(C)C. The number of nitrogens with zero attached hydrogens (tertiary/aromatic N) is 4. The number of hydrogen-bond acceptors (Lipinski definition) is 5. The van der Waals surface area contributed by atoms with Crippen molar-refractivity contribution >= 4 is 12.0 Å². The number of aromatic nitrogens is 2. The Kier molecular flexibility index (Phi) is 5.21. The van der Waals surface area contributed by atoms with Crippen LogP contribution in [0.4, 0.5) is 10.7 Å². The Hall–Kier alpha value is -1.85. The fraction of sp³-hybridized carbons (Fsp3) is 0.688. The van der Waals surface area contributed by atoms with Crippen molar-refractivity contribution in [2.24, 2.45) is 5.92 Å². The average molecular weight is 306 g/mol. The molecule has 0 bridgehead atoms. The highest BCUT2D eigenvalue weighted by molar-refractivity contribution is 5.67. The van der Waals surface area contributed by atoms with Crippen LogP contribution in [0.5, 0.6) is 0 Å². The van der Waals surface area contributed by atoms with E-state index < -0.39 is 5.60 Å². The normalized spacial score (nSPS) is 18.9. The van der Waals surface area contributed by atoms with Crippen molar-refractivity contribution in [2.75, 3.05) is 31.6 Å². The summed E-state index contributed by atoms with van der Waals surface area (Å²) >= 11 is 0. The standard InChI is InChI=1S/C16H26N4O2/c1-16(2,3)22-15(21)19(4)11-13-7-5-10-20(12-13)14-17-8-6-9-18-14/h6,8-9,13H,5,7,10-12H2,1-4H3. The molecule has 1 unspecified atom stereocenters. The van der Waals surface area contributed by atoms with Gasteiger partial charge in [-0.3, -0.25) is 0 Å². The van der Waals surface area contributed by atoms with E-state index in [1.807, 2.05) is 26.8 Å². The summed E-state index contributed by atoms with van der Waals surface area (Å²) in [6.45, 7) is 8.18. The zero-order valence-electron chi connectivity index (χ0n) is 14.0. The van der Waals surface area contributed by atoms with Crippen LogP contribution < -0.4 is 4.90 Å². The largest absolute Gasteiger partial charge is 0.444 e. The Morgan fingerprint density at radius 3 is 2.73 bits per heavy atom. The van der Waals surface area contributed by atoms with Crippen LogP contribution in [-0.4, -0.2) is 53.2 Å². The molecule has 1 aromatic heterocycles. The third-order valence-electron chi connectivity index (χ3n) is 3.59. The average Bonchev–Trinajstić information content (AvgIpc) is 2.46. The summed E-state index contributed by atoms with van der Waals surface area (Å²) < 4.78 is 5.40. The van der Waals surface area contributed by atoms with E-state index in [9.17, 15) is 4.79 Å². The van der Waals surface area contributed by atoms with Gasteiger partial charge in [0.1, 0.15) is 5.60 Å². The van der Waals surface area contributed by atoms with Gasteiger partial charge in [0.15, 0.2) is 0 Å². The number of amides is 1. The summed E-state index contributed by atoms with van der Waals surface area (Å²) in [5, 5.41) is 0. The molecule has 6 heteroatoms. The third kappa shape index (κ3) is 4.86. The lowest BCUT2D eigenvalue weighted by molar-refractivity contribution is 0.0269. The van der Waals surface area contributed by atoms with E-state index in [0.717, 1.165) is 31.9 Å². The minimum atomic E-state index is -0.457. The molecule has 2 rings (SSSR count). The van der Waals surface area contributed by atoms with Gasteiger partial charge in [0.25, 0.3) is 0 Å². The highest BCUT2D eigenvalue weighted by Crippen LogP contribution is 2.21. The highest BCUT2D eigenvalue weighted by Gasteiger charge is 2.26. The van der Waals surface area contributed by atoms with Crippen LogP contribution in [0, 0.1) is 5.92 Å². The molecule has 1 aliphatic heterocycles. The molecule has 6 nitrogen and oxygen atoms in total. The highest BCUT2D eigenvalue weighted by atomic mass is 16.6. The molecule has 0 spiro atoms. The first-order chi connectivity index (χ1) is 10.3. The molecule has 122 valence electrons. The molecule has 2 heterocycles. The molecule has 0 N–H and O–H groups in total. The number of carbonyl (C=O) groups excluding carboxylic acids is 1. The van der Waals surface area contributed by atoms with Gasteiger partial charge in [0.05, 0.1) is 0 Å². The zero-order valence-corrected chi connectivity index (χ0v) is 14.0. The molecule has 1 saturated heterocycles. The number of carbonyl (C=O) groups is 1. The minimum Gasteiger partial charge on any atom is -0.444 e. The predicted octanol–water partition coefficient (Wildman–Crippen LogP) is 2.56. The molecule has 0 saturated carbocycles. The summed E-state index contributed by atoms with van der Waals surface area (Å²) in [6.07, 6.45) is 5.46. The maximum atomic E-state index is 12.0. The van der Waals surface area contributed by atoms with E-state index >= 15 is 0 Å². The second-order valence-electron chi connectivity index (χ2n) is 6.86. The maximum absolute atomic E-state index is 12.0. The van der Waals surface area contributed by atoms with Crippen LogP contribution in [0.25, 0.3) is 0 Å². The van der Waals surface area contributed by atoms with Gasteiger partial charge in [-0.15, -0.1) is 0 Å². The Morgan fingerprint density at radius 2 is 2.09 bits per heavy atom. The van der Waals surface area contributed by atoms with Gasteiger partial charge in [0, 0.05) is 39.1 Å². The summed E-state index contributed by atoms with van der Waals surface area (Å²) in [5.41, 5.74) is -0.457. The van der Waals surface area contributed by atoms with Crippen LogP contribution in [0.2, 0.25) is 0 Å². The molecule has 1 atom stereocenters. The van der Waals surface area contributed by atoms with Crippen molar-refractivity contribution in [3.63, 3.8) is 0 Å². The lowest BCUT2D eigenvalue weighted by Gasteiger charge is -2.35. The quantitative estimate of drug-likeness (QED) is 0.859. The van der Waals surface area contributed by atoms with Crippen molar-refractivity contribution in [1.82, 2.24) is 14.9 Å². The van der Waals surface area contributed by atoms with E-state index in [1.54, 1.807) is 24.3 Å². The van der Waals surface area contributed by atoms with Gasteiger partial charge in [-0.1, -0.05) is 0 Å². The zero-order chi connectivity index (χ0) is 16.2. The van der Waals surface area contributed by atoms with Crippen LogP contribution in [-0.2, 0) is 4.74 Å². The molecule has 1 aromatic rings. The molecular formula is C16H26N4O2. The minimum absolute atomic E-state index is 0.263. The monoisotopic (exact) mass is 306 g/mol. The van der Waals surface area contributed by atoms with Gasteiger partial charge >= 0.3 is 6.09 Å². The Bertz CT molecular complexity index is 487. The second-order valence-corrected chi connectivity index (χ2v) is 6.86. The maximum Gasteiger partial charge on any atom is 0.410 e. The molecule has 1 fully saturated rings. The predicted molar refractivity (Wildman–Crippen MR) is 85.8 cm³/mol.